The average Bonchev–Trinajstić information content (AvgIpc) is 3.11. The van der Waals surface area contributed by atoms with Crippen LogP contribution in [0.3, 0.4) is 0 Å². The molecule has 0 saturated carbocycles. The Labute approximate surface area is 159 Å². The molecule has 0 unspecified atom stereocenters. The molecule has 134 valence electrons. The van der Waals surface area contributed by atoms with Crippen LogP contribution < -0.4 is 10.5 Å². The van der Waals surface area contributed by atoms with Gasteiger partial charge in [-0.2, -0.15) is 5.10 Å². The highest BCUT2D eigenvalue weighted by molar-refractivity contribution is 7.14. The summed E-state index contributed by atoms with van der Waals surface area (Å²) in [5, 5.41) is 7.91. The zero-order chi connectivity index (χ0) is 18.8. The zero-order valence-corrected chi connectivity index (χ0v) is 15.4. The van der Waals surface area contributed by atoms with Gasteiger partial charge in [0.15, 0.2) is 5.13 Å². The van der Waals surface area contributed by atoms with Crippen molar-refractivity contribution in [2.45, 2.75) is 13.5 Å². The van der Waals surface area contributed by atoms with Crippen LogP contribution >= 0.6 is 11.3 Å². The lowest BCUT2D eigenvalue weighted by atomic mass is 10.2. The van der Waals surface area contributed by atoms with Crippen molar-refractivity contribution < 1.29 is 4.79 Å². The van der Waals surface area contributed by atoms with E-state index in [1.807, 2.05) is 54.8 Å². The smallest absolute Gasteiger partial charge is 0.272 e. The van der Waals surface area contributed by atoms with E-state index in [1.165, 1.54) is 20.9 Å². The highest BCUT2D eigenvalue weighted by Gasteiger charge is 2.22. The molecule has 0 radical (unpaired) electrons. The zero-order valence-electron chi connectivity index (χ0n) is 14.6. The molecule has 1 amide bonds. The van der Waals surface area contributed by atoms with Crippen molar-refractivity contribution in [3.63, 3.8) is 0 Å². The summed E-state index contributed by atoms with van der Waals surface area (Å²) in [6.07, 6.45) is 1.60. The summed E-state index contributed by atoms with van der Waals surface area (Å²) in [5.41, 5.74) is 1.25. The normalized spacial score (nSPS) is 10.9. The minimum absolute atomic E-state index is 0.169. The van der Waals surface area contributed by atoms with Gasteiger partial charge in [-0.05, 0) is 25.1 Å². The Morgan fingerprint density at radius 3 is 2.59 bits per heavy atom. The number of hydrogen-bond acceptors (Lipinski definition) is 5. The number of benzene rings is 2. The van der Waals surface area contributed by atoms with Crippen molar-refractivity contribution in [3.8, 4) is 0 Å². The van der Waals surface area contributed by atoms with Crippen molar-refractivity contribution in [1.82, 2.24) is 14.8 Å². The van der Waals surface area contributed by atoms with Crippen LogP contribution in [0.15, 0.2) is 71.0 Å². The molecule has 0 aliphatic rings. The second-order valence-electron chi connectivity index (χ2n) is 6.03. The number of aromatic nitrogens is 3. The molecule has 0 N–H and O–H groups in total. The fraction of sp³-hybridized carbons (Fsp3) is 0.100. The van der Waals surface area contributed by atoms with Gasteiger partial charge in [0.1, 0.15) is 6.54 Å². The fourth-order valence-electron chi connectivity index (χ4n) is 2.82. The Kier molecular flexibility index (Phi) is 4.52. The summed E-state index contributed by atoms with van der Waals surface area (Å²) >= 11 is 1.38. The third kappa shape index (κ3) is 3.37. The number of thiazole rings is 1. The van der Waals surface area contributed by atoms with Gasteiger partial charge in [0, 0.05) is 10.8 Å². The van der Waals surface area contributed by atoms with Crippen molar-refractivity contribution in [2.24, 2.45) is 0 Å². The summed E-state index contributed by atoms with van der Waals surface area (Å²) in [4.78, 5) is 31.8. The third-order valence-corrected chi connectivity index (χ3v) is 5.05. The predicted octanol–water partition coefficient (Wildman–Crippen LogP) is 3.53. The second-order valence-corrected chi connectivity index (χ2v) is 6.87. The standard InChI is InChI=1S/C20H16N4O2S/c1-14-13-27-20(22-14)24(16-8-3-2-4-9-16)18(25)12-23-19(26)17-10-6-5-7-15(17)11-21-23/h2-11,13H,12H2,1H3. The molecule has 0 fully saturated rings. The molecule has 0 saturated heterocycles. The van der Waals surface area contributed by atoms with Crippen molar-refractivity contribution in [3.05, 3.63) is 82.2 Å². The van der Waals surface area contributed by atoms with Crippen molar-refractivity contribution >= 4 is 38.8 Å². The van der Waals surface area contributed by atoms with Gasteiger partial charge in [0.05, 0.1) is 23.0 Å². The molecule has 6 nitrogen and oxygen atoms in total. The number of carbonyl (C=O) groups excluding carboxylic acids is 1. The molecule has 4 rings (SSSR count). The number of amides is 1. The maximum Gasteiger partial charge on any atom is 0.275 e. The molecule has 0 atom stereocenters. The lowest BCUT2D eigenvalue weighted by Crippen LogP contribution is -2.34. The van der Waals surface area contributed by atoms with Gasteiger partial charge < -0.3 is 0 Å². The first-order valence-electron chi connectivity index (χ1n) is 8.38. The Morgan fingerprint density at radius 2 is 1.85 bits per heavy atom. The monoisotopic (exact) mass is 376 g/mol. The maximum absolute atomic E-state index is 13.1. The number of nitrogens with zero attached hydrogens (tertiary/aromatic N) is 4. The van der Waals surface area contributed by atoms with Crippen LogP contribution in [-0.4, -0.2) is 20.7 Å². The average molecular weight is 376 g/mol. The van der Waals surface area contributed by atoms with Crippen LogP contribution in [0.1, 0.15) is 5.69 Å². The van der Waals surface area contributed by atoms with Crippen LogP contribution in [0.2, 0.25) is 0 Å². The summed E-state index contributed by atoms with van der Waals surface area (Å²) in [6, 6.07) is 16.5. The molecule has 7 heteroatoms. The summed E-state index contributed by atoms with van der Waals surface area (Å²) in [7, 11) is 0. The Bertz CT molecular complexity index is 1170. The molecule has 2 aromatic carbocycles. The number of fused-ring (bicyclic) bond motifs is 1. The first-order chi connectivity index (χ1) is 13.1. The predicted molar refractivity (Wildman–Crippen MR) is 106 cm³/mol. The molecule has 0 aliphatic heterocycles. The van der Waals surface area contributed by atoms with Crippen LogP contribution in [0, 0.1) is 6.92 Å². The molecule has 0 spiro atoms. The SMILES string of the molecule is Cc1csc(N(C(=O)Cn2ncc3ccccc3c2=O)c2ccccc2)n1. The fourth-order valence-corrected chi connectivity index (χ4v) is 3.66. The van der Waals surface area contributed by atoms with Crippen LogP contribution in [0.25, 0.3) is 10.8 Å². The van der Waals surface area contributed by atoms with E-state index < -0.39 is 0 Å². The maximum atomic E-state index is 13.1. The highest BCUT2D eigenvalue weighted by Crippen LogP contribution is 2.28. The van der Waals surface area contributed by atoms with E-state index >= 15 is 0 Å². The Balaban J connectivity index is 1.73. The molecule has 0 bridgehead atoms. The molecule has 27 heavy (non-hydrogen) atoms. The van der Waals surface area contributed by atoms with E-state index in [1.54, 1.807) is 18.3 Å². The number of rotatable bonds is 4. The number of carbonyl (C=O) groups is 1. The first-order valence-corrected chi connectivity index (χ1v) is 9.26. The van der Waals surface area contributed by atoms with Gasteiger partial charge in [0.2, 0.25) is 0 Å². The van der Waals surface area contributed by atoms with Gasteiger partial charge in [0.25, 0.3) is 11.5 Å². The van der Waals surface area contributed by atoms with Gasteiger partial charge in [-0.25, -0.2) is 9.67 Å². The quantitative estimate of drug-likeness (QED) is 0.546. The van der Waals surface area contributed by atoms with E-state index in [4.69, 9.17) is 0 Å². The van der Waals surface area contributed by atoms with Crippen molar-refractivity contribution in [1.29, 1.82) is 0 Å². The van der Waals surface area contributed by atoms with E-state index in [-0.39, 0.29) is 18.0 Å². The molecule has 2 heterocycles. The molecule has 4 aromatic rings. The van der Waals surface area contributed by atoms with Crippen molar-refractivity contribution in [2.75, 3.05) is 4.90 Å². The summed E-state index contributed by atoms with van der Waals surface area (Å²) < 4.78 is 1.20. The van der Waals surface area contributed by atoms with Gasteiger partial charge in [-0.1, -0.05) is 36.4 Å². The van der Waals surface area contributed by atoms with Crippen LogP contribution in [0.5, 0.6) is 0 Å². The molecule has 2 aromatic heterocycles. The Morgan fingerprint density at radius 1 is 1.11 bits per heavy atom. The number of hydrogen-bond donors (Lipinski definition) is 0. The van der Waals surface area contributed by atoms with Crippen LogP contribution in [-0.2, 0) is 11.3 Å². The molecular formula is C20H16N4O2S. The lowest BCUT2D eigenvalue weighted by molar-refractivity contribution is -0.118. The van der Waals surface area contributed by atoms with E-state index in [0.717, 1.165) is 11.1 Å². The van der Waals surface area contributed by atoms with Gasteiger partial charge in [-0.3, -0.25) is 14.5 Å². The third-order valence-electron chi connectivity index (χ3n) is 4.11. The topological polar surface area (TPSA) is 68.1 Å². The first kappa shape index (κ1) is 17.1. The highest BCUT2D eigenvalue weighted by atomic mass is 32.1. The van der Waals surface area contributed by atoms with Crippen LogP contribution in [0.4, 0.5) is 10.8 Å². The molecular weight excluding hydrogens is 360 g/mol. The number of para-hydroxylation sites is 1. The van der Waals surface area contributed by atoms with Gasteiger partial charge >= 0.3 is 0 Å². The Hall–Kier alpha value is -3.32. The van der Waals surface area contributed by atoms with E-state index in [0.29, 0.717) is 16.2 Å². The minimum Gasteiger partial charge on any atom is -0.272 e. The molecule has 0 aliphatic carbocycles. The number of aryl methyl sites for hydroxylation is 1. The largest absolute Gasteiger partial charge is 0.275 e. The summed E-state index contributed by atoms with van der Waals surface area (Å²) in [5.74, 6) is -0.277. The van der Waals surface area contributed by atoms with Gasteiger partial charge in [-0.15, -0.1) is 11.3 Å². The van der Waals surface area contributed by atoms with E-state index in [2.05, 4.69) is 10.1 Å². The van der Waals surface area contributed by atoms with E-state index in [9.17, 15) is 9.59 Å². The number of anilines is 2. The lowest BCUT2D eigenvalue weighted by Gasteiger charge is -2.20. The summed E-state index contributed by atoms with van der Waals surface area (Å²) in [6.45, 7) is 1.71. The second kappa shape index (κ2) is 7.13. The minimum atomic E-state index is -0.287.